The quantitative estimate of drug-likeness (QED) is 0.878. The summed E-state index contributed by atoms with van der Waals surface area (Å²) in [5.41, 5.74) is -0.206. The minimum atomic E-state index is -0.588. The van der Waals surface area contributed by atoms with Crippen LogP contribution in [-0.4, -0.2) is 28.6 Å². The van der Waals surface area contributed by atoms with Crippen molar-refractivity contribution in [2.45, 2.75) is 52.1 Å². The van der Waals surface area contributed by atoms with E-state index < -0.39 is 11.7 Å². The summed E-state index contributed by atoms with van der Waals surface area (Å²) in [4.78, 5) is 11.6. The summed E-state index contributed by atoms with van der Waals surface area (Å²) in [5.74, 6) is 0.232. The number of nitrogens with one attached hydrogen (secondary N) is 1. The third-order valence-corrected chi connectivity index (χ3v) is 2.56. The first-order valence-corrected chi connectivity index (χ1v) is 6.22. The Morgan fingerprint density at radius 3 is 2.58 bits per heavy atom. The van der Waals surface area contributed by atoms with Gasteiger partial charge in [-0.15, -0.1) is 0 Å². The summed E-state index contributed by atoms with van der Waals surface area (Å²) >= 11 is 0. The Morgan fingerprint density at radius 1 is 1.42 bits per heavy atom. The van der Waals surface area contributed by atoms with E-state index in [2.05, 4.69) is 10.5 Å². The molecular formula is C13H22N2O4. The Bertz CT molecular complexity index is 432. The number of aliphatic hydroxyl groups excluding tert-OH is 1. The van der Waals surface area contributed by atoms with Crippen molar-refractivity contribution in [3.05, 3.63) is 11.8 Å². The fraction of sp³-hybridized carbons (Fsp3) is 0.692. The van der Waals surface area contributed by atoms with Crippen molar-refractivity contribution in [3.8, 4) is 0 Å². The molecule has 0 aliphatic heterocycles. The van der Waals surface area contributed by atoms with Crippen molar-refractivity contribution in [1.29, 1.82) is 0 Å². The van der Waals surface area contributed by atoms with E-state index in [-0.39, 0.29) is 17.9 Å². The van der Waals surface area contributed by atoms with E-state index in [1.54, 1.807) is 26.8 Å². The molecule has 108 valence electrons. The van der Waals surface area contributed by atoms with E-state index in [1.807, 2.05) is 13.8 Å². The van der Waals surface area contributed by atoms with Gasteiger partial charge in [0.25, 0.3) is 0 Å². The van der Waals surface area contributed by atoms with E-state index in [0.29, 0.717) is 12.1 Å². The minimum absolute atomic E-state index is 0.0642. The smallest absolute Gasteiger partial charge is 0.414 e. The van der Waals surface area contributed by atoms with Crippen LogP contribution in [0.4, 0.5) is 10.7 Å². The predicted molar refractivity (Wildman–Crippen MR) is 71.1 cm³/mol. The topological polar surface area (TPSA) is 84.6 Å². The average molecular weight is 270 g/mol. The molecule has 0 aromatic carbocycles. The summed E-state index contributed by atoms with van der Waals surface area (Å²) in [5, 5.41) is 15.4. The molecule has 0 bridgehead atoms. The van der Waals surface area contributed by atoms with Gasteiger partial charge in [-0.3, -0.25) is 5.32 Å². The molecule has 2 N–H and O–H groups in total. The van der Waals surface area contributed by atoms with Gasteiger partial charge in [-0.2, -0.15) is 0 Å². The van der Waals surface area contributed by atoms with Gasteiger partial charge < -0.3 is 14.4 Å². The van der Waals surface area contributed by atoms with Crippen LogP contribution in [0.1, 0.15) is 46.7 Å². The first kappa shape index (κ1) is 15.5. The zero-order valence-corrected chi connectivity index (χ0v) is 12.1. The number of amides is 1. The minimum Gasteiger partial charge on any atom is -0.444 e. The van der Waals surface area contributed by atoms with Gasteiger partial charge in [0, 0.05) is 18.1 Å². The molecule has 1 aromatic heterocycles. The maximum absolute atomic E-state index is 11.6. The molecule has 0 aliphatic rings. The van der Waals surface area contributed by atoms with Crippen LogP contribution in [-0.2, 0) is 10.2 Å². The number of rotatable bonds is 4. The van der Waals surface area contributed by atoms with Crippen LogP contribution in [0.3, 0.4) is 0 Å². The van der Waals surface area contributed by atoms with Crippen molar-refractivity contribution < 1.29 is 19.2 Å². The molecule has 0 aliphatic carbocycles. The molecule has 0 atom stereocenters. The van der Waals surface area contributed by atoms with Crippen LogP contribution in [0.15, 0.2) is 10.6 Å². The highest BCUT2D eigenvalue weighted by molar-refractivity contribution is 5.83. The number of carbonyl (C=O) groups excluding carboxylic acids is 1. The van der Waals surface area contributed by atoms with Crippen LogP contribution >= 0.6 is 0 Å². The van der Waals surface area contributed by atoms with E-state index >= 15 is 0 Å². The summed E-state index contributed by atoms with van der Waals surface area (Å²) in [6, 6.07) is 1.64. The molecule has 0 radical (unpaired) electrons. The molecule has 0 unspecified atom stereocenters. The highest BCUT2D eigenvalue weighted by Gasteiger charge is 2.25. The van der Waals surface area contributed by atoms with Gasteiger partial charge in [0.1, 0.15) is 5.60 Å². The van der Waals surface area contributed by atoms with Crippen LogP contribution < -0.4 is 5.32 Å². The highest BCUT2D eigenvalue weighted by Crippen LogP contribution is 2.27. The molecule has 1 aromatic rings. The van der Waals surface area contributed by atoms with Crippen molar-refractivity contribution >= 4 is 12.0 Å². The number of hydrogen-bond donors (Lipinski definition) is 2. The number of ether oxygens (including phenoxy) is 1. The Balaban J connectivity index is 2.68. The molecule has 0 fully saturated rings. The van der Waals surface area contributed by atoms with Gasteiger partial charge in [0.2, 0.25) is 5.88 Å². The van der Waals surface area contributed by atoms with Gasteiger partial charge in [-0.05, 0) is 27.2 Å². The Labute approximate surface area is 113 Å². The van der Waals surface area contributed by atoms with Crippen molar-refractivity contribution in [3.63, 3.8) is 0 Å². The summed E-state index contributed by atoms with van der Waals surface area (Å²) < 4.78 is 10.1. The molecule has 1 rings (SSSR count). The first-order valence-electron chi connectivity index (χ1n) is 6.22. The van der Waals surface area contributed by atoms with Crippen molar-refractivity contribution in [2.24, 2.45) is 0 Å². The molecule has 1 heterocycles. The Kier molecular flexibility index (Phi) is 4.57. The Hall–Kier alpha value is -1.56. The lowest BCUT2D eigenvalue weighted by atomic mass is 9.86. The van der Waals surface area contributed by atoms with Gasteiger partial charge >= 0.3 is 6.09 Å². The zero-order valence-electron chi connectivity index (χ0n) is 12.1. The lowest BCUT2D eigenvalue weighted by Crippen LogP contribution is -2.27. The summed E-state index contributed by atoms with van der Waals surface area (Å²) in [6.45, 7) is 9.29. The second kappa shape index (κ2) is 5.61. The second-order valence-corrected chi connectivity index (χ2v) is 6.06. The van der Waals surface area contributed by atoms with Crippen LogP contribution in [0.25, 0.3) is 0 Å². The average Bonchev–Trinajstić information content (AvgIpc) is 2.63. The normalized spacial score (nSPS) is 12.3. The fourth-order valence-corrected chi connectivity index (χ4v) is 1.46. The second-order valence-electron chi connectivity index (χ2n) is 6.06. The van der Waals surface area contributed by atoms with Crippen LogP contribution in [0, 0.1) is 0 Å². The summed E-state index contributed by atoms with van der Waals surface area (Å²) in [7, 11) is 0. The summed E-state index contributed by atoms with van der Waals surface area (Å²) in [6.07, 6.45) is -0.0269. The highest BCUT2D eigenvalue weighted by atomic mass is 16.6. The fourth-order valence-electron chi connectivity index (χ4n) is 1.46. The third kappa shape index (κ3) is 4.90. The van der Waals surface area contributed by atoms with Gasteiger partial charge in [0.15, 0.2) is 0 Å². The van der Waals surface area contributed by atoms with Crippen LogP contribution in [0.5, 0.6) is 0 Å². The molecule has 1 amide bonds. The number of carbonyl (C=O) groups is 1. The number of aromatic nitrogens is 1. The maximum atomic E-state index is 11.6. The standard InChI is InChI=1S/C13H22N2O4/c1-12(2,3)18-11(17)14-10-8-9(15-19-10)13(4,5)6-7-16/h8,16H,6-7H2,1-5H3,(H,14,17). The van der Waals surface area contributed by atoms with E-state index in [9.17, 15) is 4.79 Å². The number of anilines is 1. The Morgan fingerprint density at radius 2 is 2.05 bits per heavy atom. The van der Waals surface area contributed by atoms with Crippen molar-refractivity contribution in [2.75, 3.05) is 11.9 Å². The number of hydrogen-bond acceptors (Lipinski definition) is 5. The van der Waals surface area contributed by atoms with E-state index in [1.165, 1.54) is 0 Å². The monoisotopic (exact) mass is 270 g/mol. The van der Waals surface area contributed by atoms with Crippen molar-refractivity contribution in [1.82, 2.24) is 5.16 Å². The number of nitrogens with zero attached hydrogens (tertiary/aromatic N) is 1. The predicted octanol–water partition coefficient (Wildman–Crippen LogP) is 2.68. The first-order chi connectivity index (χ1) is 8.64. The molecule has 0 saturated carbocycles. The van der Waals surface area contributed by atoms with Gasteiger partial charge in [0.05, 0.1) is 5.69 Å². The van der Waals surface area contributed by atoms with Crippen LogP contribution in [0.2, 0.25) is 0 Å². The SMILES string of the molecule is CC(C)(C)OC(=O)Nc1cc(C(C)(C)CCO)no1. The van der Waals surface area contributed by atoms with E-state index in [0.717, 1.165) is 0 Å². The lowest BCUT2D eigenvalue weighted by Gasteiger charge is -2.19. The molecule has 6 heteroatoms. The number of aliphatic hydroxyl groups is 1. The molecule has 0 spiro atoms. The molecule has 6 nitrogen and oxygen atoms in total. The van der Waals surface area contributed by atoms with Gasteiger partial charge in [-0.1, -0.05) is 19.0 Å². The molecule has 0 saturated heterocycles. The maximum Gasteiger partial charge on any atom is 0.414 e. The largest absolute Gasteiger partial charge is 0.444 e. The third-order valence-electron chi connectivity index (χ3n) is 2.56. The zero-order chi connectivity index (χ0) is 14.7. The molecule has 19 heavy (non-hydrogen) atoms. The van der Waals surface area contributed by atoms with Gasteiger partial charge in [-0.25, -0.2) is 4.79 Å². The lowest BCUT2D eigenvalue weighted by molar-refractivity contribution is 0.0631. The molecular weight excluding hydrogens is 248 g/mol. The van der Waals surface area contributed by atoms with E-state index in [4.69, 9.17) is 14.4 Å².